The van der Waals surface area contributed by atoms with Crippen LogP contribution in [0, 0.1) is 6.92 Å². The average Bonchev–Trinajstić information content (AvgIpc) is 3.07. The molecule has 1 aliphatic rings. The number of H-pyrrole nitrogens is 1. The molecule has 1 N–H and O–H groups in total. The summed E-state index contributed by atoms with van der Waals surface area (Å²) in [6.45, 7) is 2.68. The molecule has 0 radical (unpaired) electrons. The van der Waals surface area contributed by atoms with Crippen LogP contribution in [-0.2, 0) is 21.2 Å². The lowest BCUT2D eigenvalue weighted by atomic mass is 10.0. The van der Waals surface area contributed by atoms with Gasteiger partial charge in [-0.2, -0.15) is 4.31 Å². The number of amides is 1. The fourth-order valence-corrected chi connectivity index (χ4v) is 6.51. The third-order valence-electron chi connectivity index (χ3n) is 5.17. The van der Waals surface area contributed by atoms with Crippen molar-refractivity contribution in [2.75, 3.05) is 26.2 Å². The van der Waals surface area contributed by atoms with Gasteiger partial charge < -0.3 is 9.88 Å². The molecule has 1 aromatic heterocycles. The zero-order valence-electron chi connectivity index (χ0n) is 15.9. The average molecular weight is 432 g/mol. The van der Waals surface area contributed by atoms with Gasteiger partial charge in [-0.15, -0.1) is 0 Å². The van der Waals surface area contributed by atoms with Crippen LogP contribution < -0.4 is 4.87 Å². The minimum atomic E-state index is -3.73. The van der Waals surface area contributed by atoms with E-state index in [4.69, 9.17) is 0 Å². The Morgan fingerprint density at radius 3 is 2.45 bits per heavy atom. The highest BCUT2D eigenvalue weighted by molar-refractivity contribution is 7.91. The van der Waals surface area contributed by atoms with Crippen molar-refractivity contribution in [2.24, 2.45) is 0 Å². The summed E-state index contributed by atoms with van der Waals surface area (Å²) >= 11 is 0.704. The number of fused-ring (bicyclic) bond motifs is 1. The molecule has 0 bridgehead atoms. The predicted octanol–water partition coefficient (Wildman–Crippen LogP) is 1.97. The van der Waals surface area contributed by atoms with Crippen LogP contribution in [-0.4, -0.2) is 54.7 Å². The molecule has 0 spiro atoms. The third-order valence-corrected chi connectivity index (χ3v) is 8.65. The molecule has 2 aromatic carbocycles. The smallest absolute Gasteiger partial charge is 0.305 e. The number of nitrogens with zero attached hydrogens (tertiary/aromatic N) is 2. The van der Waals surface area contributed by atoms with Crippen molar-refractivity contribution in [3.8, 4) is 0 Å². The molecule has 0 saturated carbocycles. The number of sulfonamides is 1. The Kier molecular flexibility index (Phi) is 5.28. The number of aromatic amines is 1. The minimum absolute atomic E-state index is 0.0131. The van der Waals surface area contributed by atoms with Crippen molar-refractivity contribution in [1.82, 2.24) is 14.2 Å². The fraction of sp³-hybridized carbons (Fsp3) is 0.300. The van der Waals surface area contributed by atoms with E-state index in [0.29, 0.717) is 30.1 Å². The Morgan fingerprint density at radius 1 is 1.07 bits per heavy atom. The van der Waals surface area contributed by atoms with E-state index in [1.54, 1.807) is 11.8 Å². The molecule has 0 atom stereocenters. The zero-order valence-corrected chi connectivity index (χ0v) is 17.6. The molecule has 0 aliphatic carbocycles. The molecule has 29 heavy (non-hydrogen) atoms. The van der Waals surface area contributed by atoms with Gasteiger partial charge in [-0.05, 0) is 23.3 Å². The van der Waals surface area contributed by atoms with E-state index in [1.807, 2.05) is 42.5 Å². The van der Waals surface area contributed by atoms with Gasteiger partial charge in [0.25, 0.3) is 10.0 Å². The number of thiazole rings is 1. The van der Waals surface area contributed by atoms with Crippen LogP contribution in [0.15, 0.2) is 51.5 Å². The number of piperazine rings is 1. The Hall–Kier alpha value is -2.49. The van der Waals surface area contributed by atoms with Crippen LogP contribution in [0.25, 0.3) is 10.8 Å². The highest BCUT2D eigenvalue weighted by Crippen LogP contribution is 2.23. The summed E-state index contributed by atoms with van der Waals surface area (Å²) in [6.07, 6.45) is 0.284. The van der Waals surface area contributed by atoms with Crippen molar-refractivity contribution >= 4 is 38.0 Å². The molecule has 0 unspecified atom stereocenters. The van der Waals surface area contributed by atoms with E-state index in [9.17, 15) is 18.0 Å². The Bertz CT molecular complexity index is 1220. The number of carbonyl (C=O) groups is 1. The van der Waals surface area contributed by atoms with Crippen LogP contribution in [0.4, 0.5) is 0 Å². The Balaban J connectivity index is 1.45. The number of nitrogens with one attached hydrogen (secondary N) is 1. The summed E-state index contributed by atoms with van der Waals surface area (Å²) in [5, 5.41) is 2.15. The van der Waals surface area contributed by atoms with Gasteiger partial charge >= 0.3 is 4.87 Å². The molecule has 1 aliphatic heterocycles. The standard InChI is InChI=1S/C20H21N3O4S2/c1-14-19(28-20(25)21-14)29(26,27)23-11-9-22(10-12-23)18(24)13-16-7-4-6-15-5-2-3-8-17(15)16/h2-8H,9-13H2,1H3,(H,21,25). The van der Waals surface area contributed by atoms with Crippen molar-refractivity contribution in [1.29, 1.82) is 0 Å². The van der Waals surface area contributed by atoms with E-state index in [-0.39, 0.29) is 34.5 Å². The summed E-state index contributed by atoms with van der Waals surface area (Å²) in [5.74, 6) is -0.0131. The molecule has 4 rings (SSSR count). The van der Waals surface area contributed by atoms with Gasteiger partial charge in [-0.25, -0.2) is 8.42 Å². The SMILES string of the molecule is Cc1[nH]c(=O)sc1S(=O)(=O)N1CCN(C(=O)Cc2cccc3ccccc23)CC1. The maximum absolute atomic E-state index is 12.8. The van der Waals surface area contributed by atoms with E-state index < -0.39 is 10.0 Å². The van der Waals surface area contributed by atoms with Crippen LogP contribution in [0.1, 0.15) is 11.3 Å². The topological polar surface area (TPSA) is 90.5 Å². The highest BCUT2D eigenvalue weighted by Gasteiger charge is 2.32. The van der Waals surface area contributed by atoms with E-state index in [2.05, 4.69) is 4.98 Å². The lowest BCUT2D eigenvalue weighted by molar-refractivity contribution is -0.131. The number of hydrogen-bond donors (Lipinski definition) is 1. The molecule has 3 aromatic rings. The van der Waals surface area contributed by atoms with Gasteiger partial charge in [0.1, 0.15) is 0 Å². The largest absolute Gasteiger partial charge is 0.340 e. The first kappa shape index (κ1) is 19.8. The fourth-order valence-electron chi connectivity index (χ4n) is 3.65. The minimum Gasteiger partial charge on any atom is -0.340 e. The first-order chi connectivity index (χ1) is 13.9. The monoisotopic (exact) mass is 431 g/mol. The van der Waals surface area contributed by atoms with E-state index in [0.717, 1.165) is 16.3 Å². The second kappa shape index (κ2) is 7.74. The molecule has 7 nitrogen and oxygen atoms in total. The molecular weight excluding hydrogens is 410 g/mol. The van der Waals surface area contributed by atoms with Crippen LogP contribution >= 0.6 is 11.3 Å². The lowest BCUT2D eigenvalue weighted by Crippen LogP contribution is -2.50. The number of carbonyl (C=O) groups excluding carboxylic acids is 1. The maximum atomic E-state index is 12.8. The molecular formula is C20H21N3O4S2. The van der Waals surface area contributed by atoms with Gasteiger partial charge in [0, 0.05) is 31.9 Å². The van der Waals surface area contributed by atoms with Crippen LogP contribution in [0.5, 0.6) is 0 Å². The predicted molar refractivity (Wildman–Crippen MR) is 113 cm³/mol. The summed E-state index contributed by atoms with van der Waals surface area (Å²) in [5.41, 5.74) is 1.32. The van der Waals surface area contributed by atoms with Gasteiger partial charge in [-0.3, -0.25) is 9.59 Å². The molecule has 1 saturated heterocycles. The number of aromatic nitrogens is 1. The molecule has 1 amide bonds. The van der Waals surface area contributed by atoms with E-state index >= 15 is 0 Å². The molecule has 9 heteroatoms. The molecule has 2 heterocycles. The highest BCUT2D eigenvalue weighted by atomic mass is 32.2. The first-order valence-electron chi connectivity index (χ1n) is 9.30. The maximum Gasteiger partial charge on any atom is 0.305 e. The lowest BCUT2D eigenvalue weighted by Gasteiger charge is -2.34. The first-order valence-corrected chi connectivity index (χ1v) is 11.6. The number of aryl methyl sites for hydroxylation is 1. The van der Waals surface area contributed by atoms with Gasteiger partial charge in [-0.1, -0.05) is 53.8 Å². The van der Waals surface area contributed by atoms with Crippen molar-refractivity contribution in [3.63, 3.8) is 0 Å². The number of rotatable bonds is 4. The summed E-state index contributed by atoms with van der Waals surface area (Å²) in [6, 6.07) is 13.9. The zero-order chi connectivity index (χ0) is 20.6. The Labute approximate surface area is 172 Å². The van der Waals surface area contributed by atoms with Crippen LogP contribution in [0.3, 0.4) is 0 Å². The summed E-state index contributed by atoms with van der Waals surface area (Å²) in [4.78, 5) is 28.1. The quantitative estimate of drug-likeness (QED) is 0.684. The number of hydrogen-bond acceptors (Lipinski definition) is 5. The van der Waals surface area contributed by atoms with Gasteiger partial charge in [0.15, 0.2) is 4.21 Å². The van der Waals surface area contributed by atoms with Crippen molar-refractivity contribution in [2.45, 2.75) is 17.6 Å². The molecule has 1 fully saturated rings. The van der Waals surface area contributed by atoms with Gasteiger partial charge in [0.2, 0.25) is 5.91 Å². The van der Waals surface area contributed by atoms with Crippen LogP contribution in [0.2, 0.25) is 0 Å². The number of benzene rings is 2. The normalized spacial score (nSPS) is 15.7. The Morgan fingerprint density at radius 2 is 1.76 bits per heavy atom. The second-order valence-corrected chi connectivity index (χ2v) is 10.1. The van der Waals surface area contributed by atoms with E-state index in [1.165, 1.54) is 4.31 Å². The summed E-state index contributed by atoms with van der Waals surface area (Å²) < 4.78 is 27.0. The van der Waals surface area contributed by atoms with Gasteiger partial charge in [0.05, 0.1) is 6.42 Å². The second-order valence-electron chi connectivity index (χ2n) is 7.03. The summed E-state index contributed by atoms with van der Waals surface area (Å²) in [7, 11) is -3.73. The third kappa shape index (κ3) is 3.85. The van der Waals surface area contributed by atoms with Crippen molar-refractivity contribution < 1.29 is 13.2 Å². The molecule has 152 valence electrons. The van der Waals surface area contributed by atoms with Crippen molar-refractivity contribution in [3.05, 3.63) is 63.4 Å².